The normalized spacial score (nSPS) is 15.1. The summed E-state index contributed by atoms with van der Waals surface area (Å²) in [5.41, 5.74) is 3.36. The molecule has 0 aliphatic carbocycles. The number of nitriles is 1. The van der Waals surface area contributed by atoms with Gasteiger partial charge in [-0.1, -0.05) is 42.5 Å². The highest BCUT2D eigenvalue weighted by Crippen LogP contribution is 2.42. The number of dihydropyridines is 1. The van der Waals surface area contributed by atoms with Crippen molar-refractivity contribution in [3.05, 3.63) is 107 Å². The summed E-state index contributed by atoms with van der Waals surface area (Å²) in [7, 11) is 1.59. The number of allylic oxidation sites excluding steroid dienone is 2. The van der Waals surface area contributed by atoms with Gasteiger partial charge in [0.05, 0.1) is 48.8 Å². The molecule has 37 heavy (non-hydrogen) atoms. The van der Waals surface area contributed by atoms with Gasteiger partial charge in [0, 0.05) is 18.5 Å². The number of carbonyl (C=O) groups is 2. The van der Waals surface area contributed by atoms with E-state index in [0.29, 0.717) is 40.5 Å². The van der Waals surface area contributed by atoms with Crippen LogP contribution in [0.3, 0.4) is 0 Å². The topological polar surface area (TPSA) is 102 Å². The highest BCUT2D eigenvalue weighted by Gasteiger charge is 2.38. The number of furan rings is 1. The Hall–Kier alpha value is -4.57. The van der Waals surface area contributed by atoms with Gasteiger partial charge in [0.2, 0.25) is 0 Å². The van der Waals surface area contributed by atoms with Crippen molar-refractivity contribution in [1.29, 1.82) is 5.26 Å². The van der Waals surface area contributed by atoms with Crippen molar-refractivity contribution in [1.82, 2.24) is 5.32 Å². The molecule has 1 aliphatic rings. The Morgan fingerprint density at radius 1 is 1.08 bits per heavy atom. The van der Waals surface area contributed by atoms with E-state index in [1.54, 1.807) is 26.2 Å². The molecule has 188 valence electrons. The first-order chi connectivity index (χ1) is 18.0. The summed E-state index contributed by atoms with van der Waals surface area (Å²) < 4.78 is 16.3. The van der Waals surface area contributed by atoms with Gasteiger partial charge in [0.1, 0.15) is 17.3 Å². The second-order valence-corrected chi connectivity index (χ2v) is 8.52. The van der Waals surface area contributed by atoms with Crippen molar-refractivity contribution in [3.63, 3.8) is 0 Å². The number of nitrogens with one attached hydrogen (secondary N) is 1. The molecular formula is C30H28N2O5. The maximum absolute atomic E-state index is 13.2. The molecule has 4 rings (SSSR count). The van der Waals surface area contributed by atoms with Crippen LogP contribution >= 0.6 is 0 Å². The molecule has 1 atom stereocenters. The van der Waals surface area contributed by atoms with Crippen LogP contribution in [-0.2, 0) is 20.7 Å². The largest absolute Gasteiger partial charge is 0.497 e. The number of hydrogen-bond acceptors (Lipinski definition) is 7. The van der Waals surface area contributed by atoms with Crippen molar-refractivity contribution in [2.24, 2.45) is 0 Å². The van der Waals surface area contributed by atoms with E-state index in [9.17, 15) is 14.9 Å². The number of ether oxygens (including phenoxy) is 2. The summed E-state index contributed by atoms with van der Waals surface area (Å²) in [4.78, 5) is 26.1. The van der Waals surface area contributed by atoms with E-state index in [1.807, 2.05) is 54.6 Å². The number of rotatable bonds is 10. The third kappa shape index (κ3) is 5.81. The lowest BCUT2D eigenvalue weighted by Gasteiger charge is -2.30. The van der Waals surface area contributed by atoms with Crippen LogP contribution in [-0.4, -0.2) is 25.5 Å². The molecule has 0 fully saturated rings. The van der Waals surface area contributed by atoms with E-state index < -0.39 is 11.9 Å². The molecule has 0 amide bonds. The Morgan fingerprint density at radius 2 is 1.89 bits per heavy atom. The molecule has 0 saturated heterocycles. The Balaban J connectivity index is 1.69. The number of nitrogens with zero attached hydrogens (tertiary/aromatic N) is 1. The van der Waals surface area contributed by atoms with Crippen LogP contribution in [0.1, 0.15) is 42.6 Å². The van der Waals surface area contributed by atoms with Gasteiger partial charge in [-0.05, 0) is 48.7 Å². The summed E-state index contributed by atoms with van der Waals surface area (Å²) in [6.07, 6.45) is 2.28. The monoisotopic (exact) mass is 496 g/mol. The zero-order valence-corrected chi connectivity index (χ0v) is 20.8. The fourth-order valence-electron chi connectivity index (χ4n) is 4.44. The maximum Gasteiger partial charge on any atom is 0.337 e. The smallest absolute Gasteiger partial charge is 0.337 e. The Kier molecular flexibility index (Phi) is 8.22. The van der Waals surface area contributed by atoms with Crippen molar-refractivity contribution in [2.45, 2.75) is 32.1 Å². The van der Waals surface area contributed by atoms with E-state index in [2.05, 4.69) is 11.4 Å². The molecule has 0 bridgehead atoms. The van der Waals surface area contributed by atoms with Crippen LogP contribution in [0.2, 0.25) is 0 Å². The van der Waals surface area contributed by atoms with Crippen LogP contribution in [0.25, 0.3) is 5.70 Å². The third-order valence-corrected chi connectivity index (χ3v) is 6.14. The first-order valence-electron chi connectivity index (χ1n) is 12.1. The molecule has 1 N–H and O–H groups in total. The number of esters is 1. The van der Waals surface area contributed by atoms with Gasteiger partial charge in [-0.3, -0.25) is 4.79 Å². The zero-order valence-electron chi connectivity index (χ0n) is 20.8. The van der Waals surface area contributed by atoms with Gasteiger partial charge in [0.15, 0.2) is 0 Å². The molecule has 0 saturated carbocycles. The number of hydrogen-bond donors (Lipinski definition) is 1. The van der Waals surface area contributed by atoms with Crippen LogP contribution in [0.5, 0.6) is 5.75 Å². The van der Waals surface area contributed by atoms with Crippen LogP contribution < -0.4 is 10.1 Å². The second-order valence-electron chi connectivity index (χ2n) is 8.52. The van der Waals surface area contributed by atoms with Gasteiger partial charge < -0.3 is 19.2 Å². The maximum atomic E-state index is 13.2. The number of methoxy groups -OCH3 is 1. The molecule has 1 aliphatic heterocycles. The minimum Gasteiger partial charge on any atom is -0.497 e. The minimum atomic E-state index is -0.765. The van der Waals surface area contributed by atoms with Gasteiger partial charge >= 0.3 is 5.97 Å². The van der Waals surface area contributed by atoms with E-state index >= 15 is 0 Å². The standard InChI is InChI=1S/C30H28N2O5/c1-3-36-30(34)28-27(26-13-8-16-37-26)24(19-31)25(32-29(28)21-10-5-4-6-11-21)15-14-22(33)17-20-9-7-12-23(18-20)35-2/h4-13,16,18,27,32H,3,14-15,17H2,1-2H3. The molecule has 3 aromatic rings. The molecular weight excluding hydrogens is 468 g/mol. The Morgan fingerprint density at radius 3 is 2.57 bits per heavy atom. The first-order valence-corrected chi connectivity index (χ1v) is 12.1. The van der Waals surface area contributed by atoms with Gasteiger partial charge in [-0.25, -0.2) is 4.79 Å². The molecule has 2 heterocycles. The van der Waals surface area contributed by atoms with Gasteiger partial charge in [-0.2, -0.15) is 5.26 Å². The Bertz CT molecular complexity index is 1360. The predicted octanol–water partition coefficient (Wildman–Crippen LogP) is 5.32. The molecule has 1 aromatic heterocycles. The van der Waals surface area contributed by atoms with E-state index in [0.717, 1.165) is 11.1 Å². The van der Waals surface area contributed by atoms with Crippen molar-refractivity contribution >= 4 is 17.4 Å². The van der Waals surface area contributed by atoms with Crippen molar-refractivity contribution in [3.8, 4) is 11.8 Å². The highest BCUT2D eigenvalue weighted by atomic mass is 16.5. The molecule has 7 nitrogen and oxygen atoms in total. The molecule has 0 spiro atoms. The zero-order chi connectivity index (χ0) is 26.2. The Labute approximate surface area is 216 Å². The van der Waals surface area contributed by atoms with E-state index in [1.165, 1.54) is 6.26 Å². The van der Waals surface area contributed by atoms with Crippen LogP contribution in [0.15, 0.2) is 94.3 Å². The summed E-state index contributed by atoms with van der Waals surface area (Å²) in [5.74, 6) is -0.125. The highest BCUT2D eigenvalue weighted by molar-refractivity contribution is 6.01. The van der Waals surface area contributed by atoms with Crippen LogP contribution in [0, 0.1) is 11.3 Å². The van der Waals surface area contributed by atoms with Gasteiger partial charge in [-0.15, -0.1) is 0 Å². The second kappa shape index (κ2) is 11.9. The lowest BCUT2D eigenvalue weighted by atomic mass is 9.81. The fourth-order valence-corrected chi connectivity index (χ4v) is 4.44. The van der Waals surface area contributed by atoms with Crippen molar-refractivity contribution in [2.75, 3.05) is 13.7 Å². The first kappa shape index (κ1) is 25.5. The lowest BCUT2D eigenvalue weighted by molar-refractivity contribution is -0.138. The quantitative estimate of drug-likeness (QED) is 0.379. The number of carbonyl (C=O) groups excluding carboxylic acids is 2. The number of Topliss-reactive ketones (excluding diaryl/α,β-unsaturated/α-hetero) is 1. The average molecular weight is 497 g/mol. The minimum absolute atomic E-state index is 0.0239. The average Bonchev–Trinajstić information content (AvgIpc) is 3.46. The summed E-state index contributed by atoms with van der Waals surface area (Å²) in [6, 6.07) is 22.5. The van der Waals surface area contributed by atoms with Crippen LogP contribution in [0.4, 0.5) is 0 Å². The van der Waals surface area contributed by atoms with E-state index in [4.69, 9.17) is 13.9 Å². The third-order valence-electron chi connectivity index (χ3n) is 6.14. The summed E-state index contributed by atoms with van der Waals surface area (Å²) in [5, 5.41) is 13.5. The molecule has 7 heteroatoms. The fraction of sp³-hybridized carbons (Fsp3) is 0.233. The predicted molar refractivity (Wildman–Crippen MR) is 138 cm³/mol. The lowest BCUT2D eigenvalue weighted by Crippen LogP contribution is -2.30. The SMILES string of the molecule is CCOC(=O)C1=C(c2ccccc2)NC(CCC(=O)Cc2cccc(OC)c2)=C(C#N)C1c1ccco1. The molecule has 0 radical (unpaired) electrons. The summed E-state index contributed by atoms with van der Waals surface area (Å²) >= 11 is 0. The van der Waals surface area contributed by atoms with Crippen molar-refractivity contribution < 1.29 is 23.5 Å². The summed E-state index contributed by atoms with van der Waals surface area (Å²) in [6.45, 7) is 1.92. The van der Waals surface area contributed by atoms with E-state index in [-0.39, 0.29) is 25.2 Å². The number of ketones is 1. The number of benzene rings is 2. The molecule has 1 unspecified atom stereocenters. The molecule has 2 aromatic carbocycles. The van der Waals surface area contributed by atoms with Gasteiger partial charge in [0.25, 0.3) is 0 Å².